The van der Waals surface area contributed by atoms with Crippen molar-refractivity contribution in [3.63, 3.8) is 0 Å². The van der Waals surface area contributed by atoms with E-state index < -0.39 is 12.6 Å². The first-order valence-electron chi connectivity index (χ1n) is 5.14. The predicted octanol–water partition coefficient (Wildman–Crippen LogP) is 2.75. The maximum atomic E-state index is 10.3. The van der Waals surface area contributed by atoms with Crippen molar-refractivity contribution in [3.05, 3.63) is 33.6 Å². The number of benzene rings is 1. The van der Waals surface area contributed by atoms with Crippen molar-refractivity contribution >= 4 is 33.5 Å². The molecule has 0 aliphatic rings. The van der Waals surface area contributed by atoms with E-state index >= 15 is 0 Å². The monoisotopic (exact) mass is 346 g/mol. The van der Waals surface area contributed by atoms with E-state index in [0.717, 1.165) is 10.0 Å². The number of hydrogen-bond acceptors (Lipinski definition) is 5. The third-order valence-corrected chi connectivity index (χ3v) is 3.31. The molecule has 19 heavy (non-hydrogen) atoms. The van der Waals surface area contributed by atoms with Crippen LogP contribution in [0, 0.1) is 0 Å². The Kier molecular flexibility index (Phi) is 4.52. The standard InChI is InChI=1S/C11H8BrClN2O4/c12-7-3-6(1-2-8(7)13)11-14-9(19-15-11)4-18-5-10(16)17/h1-3H,4-5H2,(H,16,17). The lowest BCUT2D eigenvalue weighted by Crippen LogP contribution is -2.06. The van der Waals surface area contributed by atoms with Crippen LogP contribution in [0.4, 0.5) is 0 Å². The van der Waals surface area contributed by atoms with Crippen LogP contribution in [-0.2, 0) is 16.1 Å². The smallest absolute Gasteiger partial charge is 0.329 e. The molecule has 0 unspecified atom stereocenters. The van der Waals surface area contributed by atoms with Crippen LogP contribution in [0.15, 0.2) is 27.2 Å². The molecule has 0 saturated heterocycles. The average Bonchev–Trinajstić information content (AvgIpc) is 2.81. The zero-order valence-electron chi connectivity index (χ0n) is 9.47. The summed E-state index contributed by atoms with van der Waals surface area (Å²) in [6.45, 7) is -0.460. The van der Waals surface area contributed by atoms with Gasteiger partial charge >= 0.3 is 5.97 Å². The van der Waals surface area contributed by atoms with Crippen LogP contribution in [0.1, 0.15) is 5.89 Å². The highest BCUT2D eigenvalue weighted by Gasteiger charge is 2.10. The highest BCUT2D eigenvalue weighted by Crippen LogP contribution is 2.27. The van der Waals surface area contributed by atoms with Crippen molar-refractivity contribution in [2.75, 3.05) is 6.61 Å². The van der Waals surface area contributed by atoms with Gasteiger partial charge in [-0.15, -0.1) is 0 Å². The first-order valence-corrected chi connectivity index (χ1v) is 6.31. The van der Waals surface area contributed by atoms with Crippen molar-refractivity contribution < 1.29 is 19.2 Å². The fourth-order valence-electron chi connectivity index (χ4n) is 1.29. The van der Waals surface area contributed by atoms with Crippen molar-refractivity contribution in [1.82, 2.24) is 10.1 Å². The summed E-state index contributed by atoms with van der Waals surface area (Å²) < 4.78 is 10.5. The summed E-state index contributed by atoms with van der Waals surface area (Å²) in [7, 11) is 0. The van der Waals surface area contributed by atoms with E-state index in [2.05, 4.69) is 26.1 Å². The lowest BCUT2D eigenvalue weighted by Gasteiger charge is -1.97. The molecule has 1 heterocycles. The Morgan fingerprint density at radius 3 is 3.00 bits per heavy atom. The van der Waals surface area contributed by atoms with Crippen molar-refractivity contribution in [2.24, 2.45) is 0 Å². The number of carboxylic acids is 1. The minimum Gasteiger partial charge on any atom is -0.480 e. The minimum absolute atomic E-state index is 0.0476. The largest absolute Gasteiger partial charge is 0.480 e. The van der Waals surface area contributed by atoms with Gasteiger partial charge in [0.15, 0.2) is 0 Å². The summed E-state index contributed by atoms with van der Waals surface area (Å²) in [6.07, 6.45) is 0. The Bertz CT molecular complexity index is 602. The highest BCUT2D eigenvalue weighted by molar-refractivity contribution is 9.10. The first kappa shape index (κ1) is 14.0. The van der Waals surface area contributed by atoms with Gasteiger partial charge in [0.1, 0.15) is 13.2 Å². The Hall–Kier alpha value is -1.44. The molecule has 0 atom stereocenters. The molecule has 8 heteroatoms. The molecule has 0 spiro atoms. The number of ether oxygens (including phenoxy) is 1. The van der Waals surface area contributed by atoms with E-state index in [4.69, 9.17) is 26.0 Å². The summed E-state index contributed by atoms with van der Waals surface area (Å²) >= 11 is 9.18. The third-order valence-electron chi connectivity index (χ3n) is 2.10. The molecule has 0 amide bonds. The summed E-state index contributed by atoms with van der Waals surface area (Å²) in [5, 5.41) is 12.8. The van der Waals surface area contributed by atoms with Crippen LogP contribution in [-0.4, -0.2) is 27.8 Å². The van der Waals surface area contributed by atoms with Crippen LogP contribution in [0.25, 0.3) is 11.4 Å². The van der Waals surface area contributed by atoms with Gasteiger partial charge in [-0.2, -0.15) is 4.98 Å². The Balaban J connectivity index is 2.07. The van der Waals surface area contributed by atoms with Gasteiger partial charge in [0.05, 0.1) is 5.02 Å². The lowest BCUT2D eigenvalue weighted by atomic mass is 10.2. The van der Waals surface area contributed by atoms with E-state index in [-0.39, 0.29) is 12.5 Å². The van der Waals surface area contributed by atoms with Gasteiger partial charge in [0.25, 0.3) is 5.89 Å². The van der Waals surface area contributed by atoms with Crippen LogP contribution in [0.5, 0.6) is 0 Å². The maximum absolute atomic E-state index is 10.3. The number of rotatable bonds is 5. The summed E-state index contributed by atoms with van der Waals surface area (Å²) in [4.78, 5) is 14.4. The molecule has 6 nitrogen and oxygen atoms in total. The summed E-state index contributed by atoms with van der Waals surface area (Å²) in [6, 6.07) is 5.22. The Morgan fingerprint density at radius 2 is 2.32 bits per heavy atom. The van der Waals surface area contributed by atoms with Gasteiger partial charge in [0, 0.05) is 10.0 Å². The molecule has 0 radical (unpaired) electrons. The fourth-order valence-corrected chi connectivity index (χ4v) is 1.79. The van der Waals surface area contributed by atoms with Crippen LogP contribution < -0.4 is 0 Å². The van der Waals surface area contributed by atoms with Crippen molar-refractivity contribution in [1.29, 1.82) is 0 Å². The van der Waals surface area contributed by atoms with Crippen LogP contribution in [0.3, 0.4) is 0 Å². The number of carbonyl (C=O) groups is 1. The highest BCUT2D eigenvalue weighted by atomic mass is 79.9. The second kappa shape index (κ2) is 6.14. The normalized spacial score (nSPS) is 10.6. The van der Waals surface area contributed by atoms with E-state index in [1.807, 2.05) is 0 Å². The van der Waals surface area contributed by atoms with E-state index in [1.54, 1.807) is 18.2 Å². The number of aliphatic carboxylic acids is 1. The van der Waals surface area contributed by atoms with Gasteiger partial charge < -0.3 is 14.4 Å². The summed E-state index contributed by atoms with van der Waals surface area (Å²) in [5.41, 5.74) is 0.726. The van der Waals surface area contributed by atoms with Crippen molar-refractivity contribution in [3.8, 4) is 11.4 Å². The SMILES string of the molecule is O=C(O)COCc1nc(-c2ccc(Cl)c(Br)c2)no1. The topological polar surface area (TPSA) is 85.5 Å². The van der Waals surface area contributed by atoms with Crippen molar-refractivity contribution in [2.45, 2.75) is 6.61 Å². The number of hydrogen-bond donors (Lipinski definition) is 1. The maximum Gasteiger partial charge on any atom is 0.329 e. The van der Waals surface area contributed by atoms with Gasteiger partial charge in [-0.05, 0) is 34.1 Å². The van der Waals surface area contributed by atoms with Gasteiger partial charge in [0.2, 0.25) is 5.82 Å². The average molecular weight is 348 g/mol. The van der Waals surface area contributed by atoms with Crippen LogP contribution in [0.2, 0.25) is 5.02 Å². The number of aromatic nitrogens is 2. The van der Waals surface area contributed by atoms with E-state index in [1.165, 1.54) is 0 Å². The van der Waals surface area contributed by atoms with E-state index in [9.17, 15) is 4.79 Å². The number of halogens is 2. The van der Waals surface area contributed by atoms with Gasteiger partial charge in [-0.25, -0.2) is 4.79 Å². The molecule has 1 N–H and O–H groups in total. The first-order chi connectivity index (χ1) is 9.06. The molecule has 0 saturated carbocycles. The van der Waals surface area contributed by atoms with Gasteiger partial charge in [-0.1, -0.05) is 16.8 Å². The quantitative estimate of drug-likeness (QED) is 0.895. The molecule has 0 bridgehead atoms. The molecule has 1 aromatic carbocycles. The zero-order valence-corrected chi connectivity index (χ0v) is 11.8. The molecule has 0 aliphatic heterocycles. The summed E-state index contributed by atoms with van der Waals surface area (Å²) in [5.74, 6) is -0.463. The molecular weight excluding hydrogens is 339 g/mol. The Morgan fingerprint density at radius 1 is 1.53 bits per heavy atom. The van der Waals surface area contributed by atoms with Gasteiger partial charge in [-0.3, -0.25) is 0 Å². The molecule has 0 fully saturated rings. The lowest BCUT2D eigenvalue weighted by molar-refractivity contribution is -0.142. The molecular formula is C11H8BrClN2O4. The molecule has 100 valence electrons. The minimum atomic E-state index is -1.05. The van der Waals surface area contributed by atoms with E-state index in [0.29, 0.717) is 10.8 Å². The zero-order chi connectivity index (χ0) is 13.8. The number of nitrogens with zero attached hydrogens (tertiary/aromatic N) is 2. The van der Waals surface area contributed by atoms with Crippen LogP contribution >= 0.6 is 27.5 Å². The molecule has 0 aliphatic carbocycles. The fraction of sp³-hybridized carbons (Fsp3) is 0.182. The Labute approximate surface area is 121 Å². The second-order valence-electron chi connectivity index (χ2n) is 3.53. The third kappa shape index (κ3) is 3.76. The predicted molar refractivity (Wildman–Crippen MR) is 69.7 cm³/mol. The molecule has 2 rings (SSSR count). The molecule has 1 aromatic heterocycles. The number of carboxylic acid groups (broad SMARTS) is 1. The second-order valence-corrected chi connectivity index (χ2v) is 4.79. The molecule has 2 aromatic rings.